The van der Waals surface area contributed by atoms with Gasteiger partial charge in [-0.2, -0.15) is 0 Å². The van der Waals surface area contributed by atoms with E-state index in [4.69, 9.17) is 5.21 Å². The topological polar surface area (TPSA) is 79.0 Å². The first-order valence-corrected chi connectivity index (χ1v) is 6.34. The summed E-state index contributed by atoms with van der Waals surface area (Å²) in [5, 5.41) is 22.5. The number of benzene rings is 1. The number of oxime groups is 1. The van der Waals surface area contributed by atoms with E-state index in [0.29, 0.717) is 0 Å². The van der Waals surface area contributed by atoms with Crippen LogP contribution >= 0.6 is 0 Å². The standard InChI is InChI=1S/C13H17N3O3/c17-14-12-6-9-15(10-7-12)8-5-11-1-3-13(4-2-11)16(18)19/h1-4,17H,5-10H2. The first kappa shape index (κ1) is 13.5. The lowest BCUT2D eigenvalue weighted by molar-refractivity contribution is -0.384. The van der Waals surface area contributed by atoms with Crippen molar-refractivity contribution in [2.45, 2.75) is 19.3 Å². The van der Waals surface area contributed by atoms with Crippen molar-refractivity contribution >= 4 is 11.4 Å². The van der Waals surface area contributed by atoms with Crippen LogP contribution in [0.15, 0.2) is 29.4 Å². The number of rotatable bonds is 4. The zero-order valence-electron chi connectivity index (χ0n) is 10.7. The average molecular weight is 263 g/mol. The molecule has 1 aliphatic heterocycles. The molecule has 0 radical (unpaired) electrons. The van der Waals surface area contributed by atoms with Crippen molar-refractivity contribution in [3.8, 4) is 0 Å². The van der Waals surface area contributed by atoms with Gasteiger partial charge in [-0.3, -0.25) is 10.1 Å². The average Bonchev–Trinajstić information content (AvgIpc) is 2.46. The predicted octanol–water partition coefficient (Wildman–Crippen LogP) is 2.06. The van der Waals surface area contributed by atoms with Gasteiger partial charge < -0.3 is 10.1 Å². The minimum atomic E-state index is -0.385. The van der Waals surface area contributed by atoms with Gasteiger partial charge in [0.2, 0.25) is 0 Å². The Kier molecular flexibility index (Phi) is 4.46. The van der Waals surface area contributed by atoms with Crippen molar-refractivity contribution in [3.63, 3.8) is 0 Å². The minimum absolute atomic E-state index is 0.130. The van der Waals surface area contributed by atoms with Gasteiger partial charge in [-0.25, -0.2) is 0 Å². The molecule has 1 heterocycles. The van der Waals surface area contributed by atoms with Crippen LogP contribution < -0.4 is 0 Å². The van der Waals surface area contributed by atoms with Crippen LogP contribution in [0.2, 0.25) is 0 Å². The van der Waals surface area contributed by atoms with Gasteiger partial charge >= 0.3 is 0 Å². The van der Waals surface area contributed by atoms with E-state index in [1.807, 2.05) is 12.1 Å². The highest BCUT2D eigenvalue weighted by Gasteiger charge is 2.15. The molecule has 1 N–H and O–H groups in total. The van der Waals surface area contributed by atoms with Gasteiger partial charge in [-0.1, -0.05) is 17.3 Å². The zero-order valence-corrected chi connectivity index (χ0v) is 10.7. The lowest BCUT2D eigenvalue weighted by Gasteiger charge is -2.26. The Morgan fingerprint density at radius 1 is 1.26 bits per heavy atom. The summed E-state index contributed by atoms with van der Waals surface area (Å²) in [4.78, 5) is 12.5. The lowest BCUT2D eigenvalue weighted by atomic mass is 10.1. The Morgan fingerprint density at radius 2 is 1.89 bits per heavy atom. The van der Waals surface area contributed by atoms with E-state index >= 15 is 0 Å². The molecule has 0 aliphatic carbocycles. The maximum absolute atomic E-state index is 10.5. The first-order valence-electron chi connectivity index (χ1n) is 6.34. The van der Waals surface area contributed by atoms with Crippen molar-refractivity contribution in [2.24, 2.45) is 5.16 Å². The maximum atomic E-state index is 10.5. The predicted molar refractivity (Wildman–Crippen MR) is 71.7 cm³/mol. The van der Waals surface area contributed by atoms with Crippen molar-refractivity contribution in [1.82, 2.24) is 4.90 Å². The van der Waals surface area contributed by atoms with Crippen LogP contribution in [0.5, 0.6) is 0 Å². The summed E-state index contributed by atoms with van der Waals surface area (Å²) in [7, 11) is 0. The third kappa shape index (κ3) is 3.75. The summed E-state index contributed by atoms with van der Waals surface area (Å²) in [5.41, 5.74) is 2.10. The second kappa shape index (κ2) is 6.29. The number of hydrogen-bond donors (Lipinski definition) is 1. The number of likely N-dealkylation sites (tertiary alicyclic amines) is 1. The SMILES string of the molecule is O=[N+]([O-])c1ccc(CCN2CCC(=NO)CC2)cc1. The number of piperidine rings is 1. The summed E-state index contributed by atoms with van der Waals surface area (Å²) in [5.74, 6) is 0. The highest BCUT2D eigenvalue weighted by Crippen LogP contribution is 2.13. The highest BCUT2D eigenvalue weighted by atomic mass is 16.6. The molecule has 1 aliphatic rings. The van der Waals surface area contributed by atoms with Crippen LogP contribution in [0.1, 0.15) is 18.4 Å². The van der Waals surface area contributed by atoms with E-state index in [1.54, 1.807) is 12.1 Å². The molecule has 1 aromatic carbocycles. The summed E-state index contributed by atoms with van der Waals surface area (Å²) in [6.45, 7) is 2.75. The summed E-state index contributed by atoms with van der Waals surface area (Å²) in [6, 6.07) is 6.70. The molecular formula is C13H17N3O3. The molecule has 6 nitrogen and oxygen atoms in total. The lowest BCUT2D eigenvalue weighted by Crippen LogP contribution is -2.35. The molecule has 0 saturated carbocycles. The van der Waals surface area contributed by atoms with E-state index < -0.39 is 0 Å². The fourth-order valence-electron chi connectivity index (χ4n) is 2.21. The molecule has 1 aromatic rings. The Balaban J connectivity index is 1.81. The fraction of sp³-hybridized carbons (Fsp3) is 0.462. The zero-order chi connectivity index (χ0) is 13.7. The van der Waals surface area contributed by atoms with Gasteiger partial charge in [0.1, 0.15) is 0 Å². The molecule has 0 bridgehead atoms. The van der Waals surface area contributed by atoms with E-state index in [-0.39, 0.29) is 10.6 Å². The Labute approximate surface area is 111 Å². The molecule has 2 rings (SSSR count). The van der Waals surface area contributed by atoms with Crippen LogP contribution in [0.4, 0.5) is 5.69 Å². The molecule has 0 spiro atoms. The fourth-order valence-corrected chi connectivity index (χ4v) is 2.21. The van der Waals surface area contributed by atoms with Crippen LogP contribution in [-0.4, -0.2) is 40.4 Å². The van der Waals surface area contributed by atoms with E-state index in [0.717, 1.165) is 50.2 Å². The number of hydrogen-bond acceptors (Lipinski definition) is 5. The van der Waals surface area contributed by atoms with Gasteiger partial charge in [0.15, 0.2) is 0 Å². The van der Waals surface area contributed by atoms with E-state index in [2.05, 4.69) is 10.1 Å². The number of nitro groups is 1. The van der Waals surface area contributed by atoms with Gasteiger partial charge in [-0.05, 0) is 12.0 Å². The second-order valence-electron chi connectivity index (χ2n) is 4.68. The summed E-state index contributed by atoms with van der Waals surface area (Å²) >= 11 is 0. The molecule has 0 atom stereocenters. The smallest absolute Gasteiger partial charge is 0.269 e. The van der Waals surface area contributed by atoms with Crippen LogP contribution in [0, 0.1) is 10.1 Å². The first-order chi connectivity index (χ1) is 9.19. The maximum Gasteiger partial charge on any atom is 0.269 e. The molecule has 0 amide bonds. The third-order valence-electron chi connectivity index (χ3n) is 3.44. The minimum Gasteiger partial charge on any atom is -0.411 e. The van der Waals surface area contributed by atoms with Crippen molar-refractivity contribution in [2.75, 3.05) is 19.6 Å². The van der Waals surface area contributed by atoms with Crippen molar-refractivity contribution in [1.29, 1.82) is 0 Å². The highest BCUT2D eigenvalue weighted by molar-refractivity contribution is 5.84. The molecule has 6 heteroatoms. The molecule has 1 saturated heterocycles. The van der Waals surface area contributed by atoms with Gasteiger partial charge in [0.05, 0.1) is 10.6 Å². The molecule has 102 valence electrons. The Bertz CT molecular complexity index is 461. The molecule has 0 aromatic heterocycles. The molecular weight excluding hydrogens is 246 g/mol. The second-order valence-corrected chi connectivity index (χ2v) is 4.68. The Hall–Kier alpha value is -1.95. The number of nitrogens with zero attached hydrogens (tertiary/aromatic N) is 3. The largest absolute Gasteiger partial charge is 0.411 e. The molecule has 0 unspecified atom stereocenters. The number of nitro benzene ring substituents is 1. The van der Waals surface area contributed by atoms with Crippen LogP contribution in [0.25, 0.3) is 0 Å². The van der Waals surface area contributed by atoms with Crippen molar-refractivity contribution in [3.05, 3.63) is 39.9 Å². The summed E-state index contributed by atoms with van der Waals surface area (Å²) in [6.07, 6.45) is 2.51. The van der Waals surface area contributed by atoms with Crippen molar-refractivity contribution < 1.29 is 10.1 Å². The summed E-state index contributed by atoms with van der Waals surface area (Å²) < 4.78 is 0. The number of non-ortho nitro benzene ring substituents is 1. The normalized spacial score (nSPS) is 16.3. The molecule has 19 heavy (non-hydrogen) atoms. The van der Waals surface area contributed by atoms with Gasteiger partial charge in [0, 0.05) is 44.6 Å². The molecule has 1 fully saturated rings. The quantitative estimate of drug-likeness (QED) is 0.512. The van der Waals surface area contributed by atoms with Gasteiger partial charge in [0.25, 0.3) is 5.69 Å². The van der Waals surface area contributed by atoms with Crippen LogP contribution in [-0.2, 0) is 6.42 Å². The third-order valence-corrected chi connectivity index (χ3v) is 3.44. The Morgan fingerprint density at radius 3 is 2.42 bits per heavy atom. The van der Waals surface area contributed by atoms with E-state index in [9.17, 15) is 10.1 Å². The monoisotopic (exact) mass is 263 g/mol. The van der Waals surface area contributed by atoms with Crippen LogP contribution in [0.3, 0.4) is 0 Å². The van der Waals surface area contributed by atoms with Gasteiger partial charge in [-0.15, -0.1) is 0 Å². The van der Waals surface area contributed by atoms with E-state index in [1.165, 1.54) is 0 Å².